The van der Waals surface area contributed by atoms with Crippen LogP contribution in [0.4, 0.5) is 10.5 Å². The maximum Gasteiger partial charge on any atom is 0.325 e. The molecule has 4 amide bonds. The number of hydrogen-bond acceptors (Lipinski definition) is 3. The minimum absolute atomic E-state index is 0.193. The number of anilines is 1. The molecule has 0 unspecified atom stereocenters. The minimum Gasteiger partial charge on any atom is -0.324 e. The second kappa shape index (κ2) is 7.22. The van der Waals surface area contributed by atoms with Gasteiger partial charge in [-0.15, -0.1) is 0 Å². The molecule has 6 nitrogen and oxygen atoms in total. The number of rotatable bonds is 3. The molecular formula is C22H31N3O3. The van der Waals surface area contributed by atoms with Crippen molar-refractivity contribution in [1.82, 2.24) is 10.2 Å². The van der Waals surface area contributed by atoms with Gasteiger partial charge in [0, 0.05) is 5.69 Å². The van der Waals surface area contributed by atoms with Crippen LogP contribution in [0.15, 0.2) is 18.2 Å². The van der Waals surface area contributed by atoms with Gasteiger partial charge in [0.25, 0.3) is 5.91 Å². The molecule has 2 fully saturated rings. The summed E-state index contributed by atoms with van der Waals surface area (Å²) in [7, 11) is 0. The molecular weight excluding hydrogens is 354 g/mol. The molecule has 1 heterocycles. The fraction of sp³-hybridized carbons (Fsp3) is 0.591. The average Bonchev–Trinajstić information content (AvgIpc) is 2.82. The number of aryl methyl sites for hydroxylation is 2. The molecule has 2 aliphatic rings. The zero-order chi connectivity index (χ0) is 20.7. The number of imide groups is 1. The summed E-state index contributed by atoms with van der Waals surface area (Å²) >= 11 is 0. The van der Waals surface area contributed by atoms with Crippen LogP contribution in [-0.2, 0) is 9.59 Å². The number of urea groups is 1. The van der Waals surface area contributed by atoms with Gasteiger partial charge in [-0.1, -0.05) is 39.0 Å². The van der Waals surface area contributed by atoms with Gasteiger partial charge in [-0.25, -0.2) is 4.79 Å². The molecule has 1 saturated carbocycles. The molecule has 1 aliphatic carbocycles. The molecule has 0 aromatic heterocycles. The number of nitrogens with one attached hydrogen (secondary N) is 2. The molecule has 28 heavy (non-hydrogen) atoms. The number of carbonyl (C=O) groups excluding carboxylic acids is 3. The second-order valence-corrected chi connectivity index (χ2v) is 9.36. The number of nitrogens with zero attached hydrogens (tertiary/aromatic N) is 1. The molecule has 1 spiro atoms. The molecule has 0 radical (unpaired) electrons. The highest BCUT2D eigenvalue weighted by molar-refractivity contribution is 6.10. The number of amides is 4. The smallest absolute Gasteiger partial charge is 0.324 e. The zero-order valence-electron chi connectivity index (χ0n) is 17.5. The van der Waals surface area contributed by atoms with Crippen molar-refractivity contribution in [1.29, 1.82) is 0 Å². The van der Waals surface area contributed by atoms with E-state index in [0.717, 1.165) is 34.6 Å². The van der Waals surface area contributed by atoms with E-state index in [-0.39, 0.29) is 23.8 Å². The van der Waals surface area contributed by atoms with Crippen molar-refractivity contribution in [2.45, 2.75) is 65.8 Å². The maximum atomic E-state index is 13.0. The van der Waals surface area contributed by atoms with Crippen molar-refractivity contribution in [2.75, 3.05) is 11.9 Å². The van der Waals surface area contributed by atoms with Crippen LogP contribution in [0, 0.1) is 25.2 Å². The Morgan fingerprint density at radius 3 is 2.29 bits per heavy atom. The van der Waals surface area contributed by atoms with Crippen molar-refractivity contribution in [3.05, 3.63) is 29.3 Å². The molecule has 1 saturated heterocycles. The Morgan fingerprint density at radius 1 is 1.18 bits per heavy atom. The van der Waals surface area contributed by atoms with Crippen LogP contribution in [-0.4, -0.2) is 34.8 Å². The summed E-state index contributed by atoms with van der Waals surface area (Å²) in [6.07, 6.45) is 3.07. The molecule has 1 aromatic rings. The highest BCUT2D eigenvalue weighted by Crippen LogP contribution is 2.43. The van der Waals surface area contributed by atoms with Gasteiger partial charge in [0.1, 0.15) is 12.1 Å². The van der Waals surface area contributed by atoms with Crippen LogP contribution >= 0.6 is 0 Å². The molecule has 2 N–H and O–H groups in total. The van der Waals surface area contributed by atoms with Gasteiger partial charge >= 0.3 is 6.03 Å². The highest BCUT2D eigenvalue weighted by atomic mass is 16.2. The van der Waals surface area contributed by atoms with E-state index in [1.54, 1.807) is 0 Å². The standard InChI is InChI=1S/C22H31N3O3/c1-14-7-6-8-15(2)18(14)23-17(26)13-25-19(27)22(24-20(25)28)11-9-16(10-12-22)21(3,4)5/h6-8,16H,9-13H2,1-5H3,(H,23,26)(H,24,28). The lowest BCUT2D eigenvalue weighted by Crippen LogP contribution is -2.51. The van der Waals surface area contributed by atoms with Gasteiger partial charge in [-0.2, -0.15) is 0 Å². The Kier molecular flexibility index (Phi) is 5.26. The fourth-order valence-corrected chi connectivity index (χ4v) is 4.47. The summed E-state index contributed by atoms with van der Waals surface area (Å²) in [6.45, 7) is 10.2. The van der Waals surface area contributed by atoms with Crippen molar-refractivity contribution in [2.24, 2.45) is 11.3 Å². The van der Waals surface area contributed by atoms with Crippen LogP contribution in [0.3, 0.4) is 0 Å². The topological polar surface area (TPSA) is 78.5 Å². The Bertz CT molecular complexity index is 781. The van der Waals surface area contributed by atoms with E-state index in [1.165, 1.54) is 0 Å². The number of hydrogen-bond donors (Lipinski definition) is 2. The summed E-state index contributed by atoms with van der Waals surface area (Å²) in [4.78, 5) is 39.1. The van der Waals surface area contributed by atoms with Gasteiger partial charge in [0.2, 0.25) is 5.91 Å². The van der Waals surface area contributed by atoms with Crippen molar-refractivity contribution in [3.8, 4) is 0 Å². The first-order valence-corrected chi connectivity index (χ1v) is 10.0. The van der Waals surface area contributed by atoms with E-state index in [1.807, 2.05) is 32.0 Å². The zero-order valence-corrected chi connectivity index (χ0v) is 17.5. The quantitative estimate of drug-likeness (QED) is 0.778. The Hall–Kier alpha value is -2.37. The van der Waals surface area contributed by atoms with E-state index in [0.29, 0.717) is 18.8 Å². The predicted molar refractivity (Wildman–Crippen MR) is 109 cm³/mol. The largest absolute Gasteiger partial charge is 0.325 e. The predicted octanol–water partition coefficient (Wildman–Crippen LogP) is 3.77. The van der Waals surface area contributed by atoms with Crippen LogP contribution in [0.2, 0.25) is 0 Å². The van der Waals surface area contributed by atoms with Crippen molar-refractivity contribution < 1.29 is 14.4 Å². The van der Waals surface area contributed by atoms with Gasteiger partial charge in [-0.3, -0.25) is 14.5 Å². The fourth-order valence-electron chi connectivity index (χ4n) is 4.47. The molecule has 0 bridgehead atoms. The molecule has 0 atom stereocenters. The lowest BCUT2D eigenvalue weighted by atomic mass is 9.67. The number of benzene rings is 1. The average molecular weight is 386 g/mol. The van der Waals surface area contributed by atoms with Gasteiger partial charge < -0.3 is 10.6 Å². The number of para-hydroxylation sites is 1. The first kappa shape index (κ1) is 20.4. The second-order valence-electron chi connectivity index (χ2n) is 9.36. The lowest BCUT2D eigenvalue weighted by molar-refractivity contribution is -0.135. The summed E-state index contributed by atoms with van der Waals surface area (Å²) < 4.78 is 0. The first-order valence-electron chi connectivity index (χ1n) is 10.0. The van der Waals surface area contributed by atoms with Crippen LogP contribution in [0.5, 0.6) is 0 Å². The number of carbonyl (C=O) groups is 3. The van der Waals surface area contributed by atoms with Gasteiger partial charge in [-0.05, 0) is 62.0 Å². The highest BCUT2D eigenvalue weighted by Gasteiger charge is 2.53. The molecule has 1 aliphatic heterocycles. The third-order valence-electron chi connectivity index (χ3n) is 6.36. The Morgan fingerprint density at radius 2 is 1.75 bits per heavy atom. The Balaban J connectivity index is 1.67. The normalized spacial score (nSPS) is 25.2. The molecule has 152 valence electrons. The molecule has 1 aromatic carbocycles. The van der Waals surface area contributed by atoms with E-state index in [4.69, 9.17) is 0 Å². The van der Waals surface area contributed by atoms with E-state index >= 15 is 0 Å². The van der Waals surface area contributed by atoms with Crippen molar-refractivity contribution in [3.63, 3.8) is 0 Å². The molecule has 3 rings (SSSR count). The lowest BCUT2D eigenvalue weighted by Gasteiger charge is -2.40. The summed E-state index contributed by atoms with van der Waals surface area (Å²) in [6, 6.07) is 5.30. The van der Waals surface area contributed by atoms with Gasteiger partial charge in [0.05, 0.1) is 0 Å². The van der Waals surface area contributed by atoms with Gasteiger partial charge in [0.15, 0.2) is 0 Å². The summed E-state index contributed by atoms with van der Waals surface area (Å²) in [5.41, 5.74) is 1.99. The third kappa shape index (κ3) is 3.77. The minimum atomic E-state index is -0.836. The SMILES string of the molecule is Cc1cccc(C)c1NC(=O)CN1C(=O)NC2(CCC(C(C)(C)C)CC2)C1=O. The van der Waals surface area contributed by atoms with Crippen molar-refractivity contribution >= 4 is 23.5 Å². The van der Waals surface area contributed by atoms with E-state index in [9.17, 15) is 14.4 Å². The maximum absolute atomic E-state index is 13.0. The third-order valence-corrected chi connectivity index (χ3v) is 6.36. The monoisotopic (exact) mass is 385 g/mol. The first-order chi connectivity index (χ1) is 13.0. The summed E-state index contributed by atoms with van der Waals surface area (Å²) in [5.74, 6) is -0.0907. The van der Waals surface area contributed by atoms with Crippen LogP contribution < -0.4 is 10.6 Å². The van der Waals surface area contributed by atoms with E-state index in [2.05, 4.69) is 31.4 Å². The summed E-state index contributed by atoms with van der Waals surface area (Å²) in [5, 5.41) is 5.74. The molecule has 6 heteroatoms. The van der Waals surface area contributed by atoms with E-state index < -0.39 is 11.6 Å². The Labute approximate surface area is 167 Å². The van der Waals surface area contributed by atoms with Crippen LogP contribution in [0.1, 0.15) is 57.6 Å². The van der Waals surface area contributed by atoms with Crippen LogP contribution in [0.25, 0.3) is 0 Å².